The van der Waals surface area contributed by atoms with Crippen molar-refractivity contribution in [1.82, 2.24) is 9.80 Å². The van der Waals surface area contributed by atoms with Gasteiger partial charge in [-0.2, -0.15) is 0 Å². The molecule has 126 valence electrons. The second-order valence-electron chi connectivity index (χ2n) is 6.46. The summed E-state index contributed by atoms with van der Waals surface area (Å²) in [5.74, 6) is 0.520. The third-order valence-electron chi connectivity index (χ3n) is 4.68. The number of alkyl halides is 2. The Morgan fingerprint density at radius 3 is 2.78 bits per heavy atom. The van der Waals surface area contributed by atoms with Crippen LogP contribution in [0, 0.1) is 5.92 Å². The fraction of sp³-hybridized carbons (Fsp3) is 0.588. The van der Waals surface area contributed by atoms with Crippen molar-refractivity contribution in [2.75, 3.05) is 38.0 Å². The van der Waals surface area contributed by atoms with Gasteiger partial charge in [0.05, 0.1) is 0 Å². The Morgan fingerprint density at radius 2 is 2.04 bits per heavy atom. The number of urea groups is 1. The zero-order chi connectivity index (χ0) is 16.2. The van der Waals surface area contributed by atoms with Gasteiger partial charge < -0.3 is 15.1 Å². The molecule has 0 saturated carbocycles. The summed E-state index contributed by atoms with van der Waals surface area (Å²) in [6, 6.07) is 5.68. The first-order valence-electron chi connectivity index (χ1n) is 8.28. The summed E-state index contributed by atoms with van der Waals surface area (Å²) < 4.78 is 25.4. The molecule has 2 amide bonds. The number of anilines is 1. The van der Waals surface area contributed by atoms with Crippen LogP contribution in [0.1, 0.15) is 31.3 Å². The highest BCUT2D eigenvalue weighted by Gasteiger charge is 2.28. The first-order valence-corrected chi connectivity index (χ1v) is 8.28. The SMILES string of the molecule is O=C(Nc1cccc(C(F)F)c1)N1CC[C@H](CN2CCCC2)C1. The maximum absolute atomic E-state index is 12.7. The Bertz CT molecular complexity index is 546. The molecule has 2 fully saturated rings. The highest BCUT2D eigenvalue weighted by atomic mass is 19.3. The van der Waals surface area contributed by atoms with Crippen LogP contribution in [0.25, 0.3) is 0 Å². The van der Waals surface area contributed by atoms with Crippen LogP contribution in [-0.2, 0) is 0 Å². The highest BCUT2D eigenvalue weighted by molar-refractivity contribution is 5.89. The summed E-state index contributed by atoms with van der Waals surface area (Å²) >= 11 is 0. The first-order chi connectivity index (χ1) is 11.1. The van der Waals surface area contributed by atoms with Gasteiger partial charge in [0.15, 0.2) is 0 Å². The van der Waals surface area contributed by atoms with E-state index in [1.807, 2.05) is 0 Å². The van der Waals surface area contributed by atoms with E-state index in [0.717, 1.165) is 26.1 Å². The molecule has 1 N–H and O–H groups in total. The van der Waals surface area contributed by atoms with Gasteiger partial charge in [0.1, 0.15) is 0 Å². The number of hydrogen-bond donors (Lipinski definition) is 1. The minimum absolute atomic E-state index is 0.0730. The minimum atomic E-state index is -2.52. The monoisotopic (exact) mass is 323 g/mol. The van der Waals surface area contributed by atoms with E-state index in [0.29, 0.717) is 11.6 Å². The molecule has 0 aromatic heterocycles. The second-order valence-corrected chi connectivity index (χ2v) is 6.46. The largest absolute Gasteiger partial charge is 0.324 e. The van der Waals surface area contributed by atoms with Crippen molar-refractivity contribution in [3.8, 4) is 0 Å². The van der Waals surface area contributed by atoms with Gasteiger partial charge in [-0.1, -0.05) is 12.1 Å². The lowest BCUT2D eigenvalue weighted by Gasteiger charge is -2.21. The number of nitrogens with one attached hydrogen (secondary N) is 1. The number of benzene rings is 1. The van der Waals surface area contributed by atoms with E-state index in [-0.39, 0.29) is 11.6 Å². The van der Waals surface area contributed by atoms with Crippen LogP contribution in [0.15, 0.2) is 24.3 Å². The van der Waals surface area contributed by atoms with Gasteiger partial charge in [-0.3, -0.25) is 0 Å². The van der Waals surface area contributed by atoms with Gasteiger partial charge in [-0.25, -0.2) is 13.6 Å². The third-order valence-corrected chi connectivity index (χ3v) is 4.68. The fourth-order valence-corrected chi connectivity index (χ4v) is 3.45. The van der Waals surface area contributed by atoms with E-state index in [9.17, 15) is 13.6 Å². The molecule has 2 aliphatic heterocycles. The number of nitrogens with zero attached hydrogens (tertiary/aromatic N) is 2. The molecule has 2 saturated heterocycles. The predicted octanol–water partition coefficient (Wildman–Crippen LogP) is 3.57. The van der Waals surface area contributed by atoms with Crippen LogP contribution in [0.2, 0.25) is 0 Å². The molecule has 0 bridgehead atoms. The van der Waals surface area contributed by atoms with Crippen LogP contribution in [0.5, 0.6) is 0 Å². The van der Waals surface area contributed by atoms with Crippen LogP contribution in [-0.4, -0.2) is 48.6 Å². The summed E-state index contributed by atoms with van der Waals surface area (Å²) in [4.78, 5) is 16.6. The number of carbonyl (C=O) groups excluding carboxylic acids is 1. The summed E-state index contributed by atoms with van der Waals surface area (Å²) in [6.45, 7) is 4.88. The van der Waals surface area contributed by atoms with Crippen molar-refractivity contribution < 1.29 is 13.6 Å². The van der Waals surface area contributed by atoms with Crippen molar-refractivity contribution in [3.05, 3.63) is 29.8 Å². The van der Waals surface area contributed by atoms with E-state index < -0.39 is 6.43 Å². The Morgan fingerprint density at radius 1 is 1.26 bits per heavy atom. The molecule has 0 aliphatic carbocycles. The summed E-state index contributed by atoms with van der Waals surface area (Å²) in [5, 5.41) is 2.73. The lowest BCUT2D eigenvalue weighted by Crippen LogP contribution is -2.34. The number of carbonyl (C=O) groups is 1. The second kappa shape index (κ2) is 7.25. The quantitative estimate of drug-likeness (QED) is 0.919. The number of amides is 2. The lowest BCUT2D eigenvalue weighted by molar-refractivity contribution is 0.151. The normalized spacial score (nSPS) is 22.0. The third kappa shape index (κ3) is 4.19. The zero-order valence-electron chi connectivity index (χ0n) is 13.2. The Balaban J connectivity index is 1.51. The van der Waals surface area contributed by atoms with E-state index >= 15 is 0 Å². The molecule has 0 spiro atoms. The number of rotatable bonds is 4. The van der Waals surface area contributed by atoms with Gasteiger partial charge >= 0.3 is 6.03 Å². The number of likely N-dealkylation sites (tertiary alicyclic amines) is 2. The summed E-state index contributed by atoms with van der Waals surface area (Å²) in [6.07, 6.45) is 1.04. The highest BCUT2D eigenvalue weighted by Crippen LogP contribution is 2.23. The lowest BCUT2D eigenvalue weighted by atomic mass is 10.1. The van der Waals surface area contributed by atoms with Gasteiger partial charge in [0.25, 0.3) is 6.43 Å². The fourth-order valence-electron chi connectivity index (χ4n) is 3.45. The first kappa shape index (κ1) is 16.2. The topological polar surface area (TPSA) is 35.6 Å². The van der Waals surface area contributed by atoms with E-state index in [1.165, 1.54) is 44.1 Å². The Labute approximate surface area is 135 Å². The van der Waals surface area contributed by atoms with E-state index in [4.69, 9.17) is 0 Å². The maximum atomic E-state index is 12.7. The molecule has 2 aliphatic rings. The van der Waals surface area contributed by atoms with Crippen molar-refractivity contribution in [1.29, 1.82) is 0 Å². The van der Waals surface area contributed by atoms with Crippen molar-refractivity contribution in [2.45, 2.75) is 25.7 Å². The molecule has 1 aromatic carbocycles. The van der Waals surface area contributed by atoms with Crippen LogP contribution >= 0.6 is 0 Å². The van der Waals surface area contributed by atoms with Gasteiger partial charge in [-0.15, -0.1) is 0 Å². The average Bonchev–Trinajstić information content (AvgIpc) is 3.20. The molecular formula is C17H23F2N3O. The van der Waals surface area contributed by atoms with Crippen molar-refractivity contribution >= 4 is 11.7 Å². The van der Waals surface area contributed by atoms with Crippen molar-refractivity contribution in [3.63, 3.8) is 0 Å². The Kier molecular flexibility index (Phi) is 5.10. The smallest absolute Gasteiger partial charge is 0.321 e. The van der Waals surface area contributed by atoms with Crippen LogP contribution < -0.4 is 5.32 Å². The maximum Gasteiger partial charge on any atom is 0.321 e. The van der Waals surface area contributed by atoms with E-state index in [1.54, 1.807) is 11.0 Å². The molecular weight excluding hydrogens is 300 g/mol. The molecule has 1 aromatic rings. The van der Waals surface area contributed by atoms with Crippen molar-refractivity contribution in [2.24, 2.45) is 5.92 Å². The van der Waals surface area contributed by atoms with Gasteiger partial charge in [0, 0.05) is 30.9 Å². The Hall–Kier alpha value is -1.69. The number of hydrogen-bond acceptors (Lipinski definition) is 2. The van der Waals surface area contributed by atoms with Crippen LogP contribution in [0.3, 0.4) is 0 Å². The molecule has 0 unspecified atom stereocenters. The molecule has 0 radical (unpaired) electrons. The minimum Gasteiger partial charge on any atom is -0.324 e. The molecule has 2 heterocycles. The molecule has 1 atom stereocenters. The average molecular weight is 323 g/mol. The zero-order valence-corrected chi connectivity index (χ0v) is 13.2. The number of halogens is 2. The molecule has 4 nitrogen and oxygen atoms in total. The summed E-state index contributed by atoms with van der Waals surface area (Å²) in [5.41, 5.74) is 0.354. The van der Waals surface area contributed by atoms with Gasteiger partial charge in [-0.05, 0) is 50.4 Å². The molecule has 6 heteroatoms. The predicted molar refractivity (Wildman–Crippen MR) is 85.8 cm³/mol. The van der Waals surface area contributed by atoms with E-state index in [2.05, 4.69) is 10.2 Å². The van der Waals surface area contributed by atoms with Crippen LogP contribution in [0.4, 0.5) is 19.3 Å². The molecule has 23 heavy (non-hydrogen) atoms. The molecule has 3 rings (SSSR count). The summed E-state index contributed by atoms with van der Waals surface area (Å²) in [7, 11) is 0. The standard InChI is InChI=1S/C17H23F2N3O/c18-16(19)14-4-3-5-15(10-14)20-17(23)22-9-6-13(12-22)11-21-7-1-2-8-21/h3-5,10,13,16H,1-2,6-9,11-12H2,(H,20,23)/t13-/m1/s1. The van der Waals surface area contributed by atoms with Gasteiger partial charge in [0.2, 0.25) is 0 Å².